The van der Waals surface area contributed by atoms with Crippen LogP contribution in [-0.2, 0) is 19.0 Å². The topological polar surface area (TPSA) is 208 Å². The largest absolute Gasteiger partial charge is 0.504 e. The van der Waals surface area contributed by atoms with Gasteiger partial charge in [0.15, 0.2) is 11.5 Å². The number of fused-ring (bicyclic) bond motifs is 1. The van der Waals surface area contributed by atoms with Crippen molar-refractivity contribution in [2.45, 2.75) is 68.1 Å². The van der Waals surface area contributed by atoms with Gasteiger partial charge in [0.1, 0.15) is 55.6 Å². The molecule has 0 aromatic heterocycles. The highest BCUT2D eigenvalue weighted by Gasteiger charge is 2.53. The minimum atomic E-state index is -1.54. The summed E-state index contributed by atoms with van der Waals surface area (Å²) in [6.07, 6.45) is -10.1. The van der Waals surface area contributed by atoms with Gasteiger partial charge in [-0.25, -0.2) is 0 Å². The summed E-state index contributed by atoms with van der Waals surface area (Å²) in [5.74, 6) is -1.04. The average molecular weight is 499 g/mol. The zero-order valence-corrected chi connectivity index (χ0v) is 18.7. The molecule has 194 valence electrons. The molecule has 2 aliphatic heterocycles. The molecule has 1 saturated carbocycles. The Morgan fingerprint density at radius 3 is 2.34 bits per heavy atom. The number of carbonyl (C=O) groups excluding carboxylic acids is 1. The van der Waals surface area contributed by atoms with E-state index in [-0.39, 0.29) is 30.5 Å². The first-order valence-corrected chi connectivity index (χ1v) is 11.0. The number of phenols is 1. The van der Waals surface area contributed by atoms with Crippen molar-refractivity contribution in [3.63, 3.8) is 0 Å². The molecular weight excluding hydrogens is 470 g/mol. The van der Waals surface area contributed by atoms with Crippen molar-refractivity contribution >= 4 is 12.0 Å². The van der Waals surface area contributed by atoms with Crippen molar-refractivity contribution in [1.82, 2.24) is 5.32 Å². The number of ether oxygens (including phenoxy) is 4. The van der Waals surface area contributed by atoms with E-state index in [1.165, 1.54) is 31.2 Å². The van der Waals surface area contributed by atoms with Crippen molar-refractivity contribution in [2.75, 3.05) is 13.4 Å². The van der Waals surface area contributed by atoms with E-state index in [1.807, 2.05) is 0 Å². The summed E-state index contributed by atoms with van der Waals surface area (Å²) >= 11 is 0. The van der Waals surface area contributed by atoms with Crippen LogP contribution in [-0.4, -0.2) is 116 Å². The number of amides is 1. The first-order chi connectivity index (χ1) is 16.6. The number of phenolic OH excluding ortho intramolecular Hbond substituents is 1. The molecular formula is C22H29NO12. The molecule has 8 N–H and O–H groups in total. The van der Waals surface area contributed by atoms with E-state index in [0.717, 1.165) is 0 Å². The quantitative estimate of drug-likeness (QED) is 0.190. The SMILES string of the molecule is C/C(=C\c1ccc(O[C@@H]2OC[C@H](O)[C@H](O)[C@H]2O)c(O)c1)C(=O)N[C@@H]1[C@H](O)[C@@H](O)[C@H]2OCO[C@H]2[C@@H]1O. The lowest BCUT2D eigenvalue weighted by molar-refractivity contribution is -0.242. The molecule has 10 atom stereocenters. The Morgan fingerprint density at radius 1 is 0.971 bits per heavy atom. The van der Waals surface area contributed by atoms with E-state index in [0.29, 0.717) is 5.56 Å². The van der Waals surface area contributed by atoms with Crippen molar-refractivity contribution in [3.05, 3.63) is 29.3 Å². The summed E-state index contributed by atoms with van der Waals surface area (Å²) in [7, 11) is 0. The molecule has 0 spiro atoms. The number of hydrogen-bond acceptors (Lipinski definition) is 12. The van der Waals surface area contributed by atoms with Crippen LogP contribution < -0.4 is 10.1 Å². The highest BCUT2D eigenvalue weighted by molar-refractivity contribution is 5.97. The van der Waals surface area contributed by atoms with Crippen molar-refractivity contribution in [1.29, 1.82) is 0 Å². The van der Waals surface area contributed by atoms with Crippen LogP contribution in [0.25, 0.3) is 6.08 Å². The second-order valence-corrected chi connectivity index (χ2v) is 8.77. The van der Waals surface area contributed by atoms with Gasteiger partial charge in [-0.3, -0.25) is 4.79 Å². The van der Waals surface area contributed by atoms with Crippen LogP contribution in [0.15, 0.2) is 23.8 Å². The summed E-state index contributed by atoms with van der Waals surface area (Å²) in [5.41, 5.74) is 0.571. The summed E-state index contributed by atoms with van der Waals surface area (Å²) in [4.78, 5) is 12.7. The van der Waals surface area contributed by atoms with E-state index >= 15 is 0 Å². The Labute approximate surface area is 199 Å². The minimum absolute atomic E-state index is 0.0623. The third-order valence-electron chi connectivity index (χ3n) is 6.32. The Hall–Kier alpha value is -2.33. The first kappa shape index (κ1) is 25.8. The van der Waals surface area contributed by atoms with Gasteiger partial charge >= 0.3 is 0 Å². The molecule has 13 nitrogen and oxygen atoms in total. The van der Waals surface area contributed by atoms with Crippen LogP contribution in [0, 0.1) is 0 Å². The number of aliphatic hydroxyl groups is 6. The van der Waals surface area contributed by atoms with Crippen molar-refractivity contribution < 1.29 is 59.5 Å². The molecule has 3 aliphatic rings. The molecule has 1 amide bonds. The van der Waals surface area contributed by atoms with E-state index in [4.69, 9.17) is 18.9 Å². The molecule has 2 heterocycles. The summed E-state index contributed by atoms with van der Waals surface area (Å²) in [5, 5.41) is 73.1. The van der Waals surface area contributed by atoms with Gasteiger partial charge in [-0.2, -0.15) is 0 Å². The lowest BCUT2D eigenvalue weighted by Crippen LogP contribution is -2.67. The number of rotatable bonds is 5. The van der Waals surface area contributed by atoms with Crippen LogP contribution in [0.1, 0.15) is 12.5 Å². The van der Waals surface area contributed by atoms with E-state index in [1.54, 1.807) is 0 Å². The van der Waals surface area contributed by atoms with Gasteiger partial charge in [0, 0.05) is 5.57 Å². The van der Waals surface area contributed by atoms with Gasteiger partial charge in [0.05, 0.1) is 12.6 Å². The molecule has 4 rings (SSSR count). The van der Waals surface area contributed by atoms with Gasteiger partial charge in [-0.15, -0.1) is 0 Å². The maximum Gasteiger partial charge on any atom is 0.247 e. The monoisotopic (exact) mass is 499 g/mol. The Kier molecular flexibility index (Phi) is 7.61. The van der Waals surface area contributed by atoms with E-state index in [9.17, 15) is 40.5 Å². The fourth-order valence-corrected chi connectivity index (χ4v) is 4.27. The van der Waals surface area contributed by atoms with E-state index in [2.05, 4.69) is 5.32 Å². The molecule has 0 radical (unpaired) electrons. The van der Waals surface area contributed by atoms with Gasteiger partial charge < -0.3 is 60.0 Å². The molecule has 3 fully saturated rings. The number of carbonyl (C=O) groups is 1. The predicted molar refractivity (Wildman–Crippen MR) is 115 cm³/mol. The fraction of sp³-hybridized carbons (Fsp3) is 0.591. The molecule has 0 unspecified atom stereocenters. The predicted octanol–water partition coefficient (Wildman–Crippen LogP) is -3.06. The standard InChI is InChI=1S/C22H29NO12/c1-8(21(31)23-13-15(27)17(29)20-19(16(13)28)33-7-34-20)4-9-2-3-12(10(24)5-9)35-22-18(30)14(26)11(25)6-32-22/h2-5,11,13-20,22,24-30H,6-7H2,1H3,(H,23,31)/b8-4+/t11-,13+,14-,15-,16+,17+,18+,19-,20+,22-/m0/s1. The van der Waals surface area contributed by atoms with Crippen LogP contribution >= 0.6 is 0 Å². The maximum absolute atomic E-state index is 12.7. The zero-order chi connectivity index (χ0) is 25.4. The molecule has 0 bridgehead atoms. The fourth-order valence-electron chi connectivity index (χ4n) is 4.27. The van der Waals surface area contributed by atoms with Crippen LogP contribution in [0.5, 0.6) is 11.5 Å². The van der Waals surface area contributed by atoms with E-state index < -0.39 is 67.1 Å². The second kappa shape index (κ2) is 10.3. The number of aliphatic hydroxyl groups excluding tert-OH is 6. The summed E-state index contributed by atoms with van der Waals surface area (Å²) in [6.45, 7) is 1.07. The van der Waals surface area contributed by atoms with Crippen molar-refractivity contribution in [2.24, 2.45) is 0 Å². The van der Waals surface area contributed by atoms with Gasteiger partial charge in [0.2, 0.25) is 12.2 Å². The molecule has 2 saturated heterocycles. The van der Waals surface area contributed by atoms with Gasteiger partial charge in [0.25, 0.3) is 0 Å². The Bertz CT molecular complexity index is 956. The molecule has 1 aromatic carbocycles. The number of aromatic hydroxyl groups is 1. The summed E-state index contributed by atoms with van der Waals surface area (Å²) < 4.78 is 21.0. The lowest BCUT2D eigenvalue weighted by atomic mass is 9.83. The number of hydrogen-bond donors (Lipinski definition) is 8. The Balaban J connectivity index is 1.41. The maximum atomic E-state index is 12.7. The van der Waals surface area contributed by atoms with Crippen molar-refractivity contribution in [3.8, 4) is 11.5 Å². The molecule has 1 aliphatic carbocycles. The highest BCUT2D eigenvalue weighted by atomic mass is 16.7. The second-order valence-electron chi connectivity index (χ2n) is 8.77. The van der Waals surface area contributed by atoms with Gasteiger partial charge in [-0.05, 0) is 30.7 Å². The lowest BCUT2D eigenvalue weighted by Gasteiger charge is -2.41. The molecule has 13 heteroatoms. The van der Waals surface area contributed by atoms with Crippen LogP contribution in [0.4, 0.5) is 0 Å². The third kappa shape index (κ3) is 5.14. The molecule has 1 aromatic rings. The normalized spacial score (nSPS) is 39.7. The third-order valence-corrected chi connectivity index (χ3v) is 6.32. The Morgan fingerprint density at radius 2 is 1.66 bits per heavy atom. The first-order valence-electron chi connectivity index (χ1n) is 11.0. The highest BCUT2D eigenvalue weighted by Crippen LogP contribution is 2.32. The summed E-state index contributed by atoms with van der Waals surface area (Å²) in [6, 6.07) is 2.95. The van der Waals surface area contributed by atoms with Gasteiger partial charge in [-0.1, -0.05) is 6.07 Å². The minimum Gasteiger partial charge on any atom is -0.504 e. The van der Waals surface area contributed by atoms with Crippen LogP contribution in [0.3, 0.4) is 0 Å². The van der Waals surface area contributed by atoms with Crippen LogP contribution in [0.2, 0.25) is 0 Å². The molecule has 35 heavy (non-hydrogen) atoms. The zero-order valence-electron chi connectivity index (χ0n) is 18.7. The average Bonchev–Trinajstić information content (AvgIpc) is 3.32. The number of nitrogens with one attached hydrogen (secondary N) is 1. The number of benzene rings is 1. The smallest absolute Gasteiger partial charge is 0.247 e.